The van der Waals surface area contributed by atoms with Gasteiger partial charge in [-0.25, -0.2) is 4.98 Å². The maximum atomic E-state index is 12.4. The van der Waals surface area contributed by atoms with Gasteiger partial charge in [0, 0.05) is 6.54 Å². The molecule has 0 radical (unpaired) electrons. The molecule has 27 heavy (non-hydrogen) atoms. The molecule has 0 unspecified atom stereocenters. The number of aromatic nitrogens is 5. The van der Waals surface area contributed by atoms with Crippen molar-refractivity contribution in [2.75, 3.05) is 18.6 Å². The number of fused-ring (bicyclic) bond motifs is 3. The number of anilines is 1. The van der Waals surface area contributed by atoms with E-state index in [1.807, 2.05) is 0 Å². The minimum Gasteiger partial charge on any atom is -0.461 e. The summed E-state index contributed by atoms with van der Waals surface area (Å²) >= 11 is 0.967. The molecule has 4 aromatic rings. The lowest BCUT2D eigenvalue weighted by atomic mass is 10.4. The second-order valence-corrected chi connectivity index (χ2v) is 8.28. The zero-order chi connectivity index (χ0) is 19.2. The van der Waals surface area contributed by atoms with E-state index in [4.69, 9.17) is 14.3 Å². The molecular weight excluding hydrogens is 396 g/mol. The maximum absolute atomic E-state index is 12.4. The first-order chi connectivity index (χ1) is 12.8. The fourth-order valence-electron chi connectivity index (χ4n) is 2.57. The third-order valence-corrected chi connectivity index (χ3v) is 5.24. The molecule has 0 aliphatic carbocycles. The summed E-state index contributed by atoms with van der Waals surface area (Å²) in [5, 5.41) is 4.28. The molecule has 0 amide bonds. The second-order valence-electron chi connectivity index (χ2n) is 5.67. The summed E-state index contributed by atoms with van der Waals surface area (Å²) in [7, 11) is -3.52. The summed E-state index contributed by atoms with van der Waals surface area (Å²) in [5.74, 6) is 0.868. The van der Waals surface area contributed by atoms with Crippen LogP contribution in [0.1, 0.15) is 6.42 Å². The molecular formula is C14H14N6O5S2. The topological polar surface area (TPSA) is 148 Å². The third kappa shape index (κ3) is 3.31. The van der Waals surface area contributed by atoms with Crippen LogP contribution in [0, 0.1) is 0 Å². The highest BCUT2D eigenvalue weighted by Gasteiger charge is 2.19. The lowest BCUT2D eigenvalue weighted by Crippen LogP contribution is -2.16. The first kappa shape index (κ1) is 17.6. The smallest absolute Gasteiger partial charge is 0.309 e. The minimum atomic E-state index is -3.52. The number of aryl methyl sites for hydroxylation is 1. The van der Waals surface area contributed by atoms with E-state index >= 15 is 0 Å². The number of nitrogens with zero attached hydrogens (tertiary/aromatic N) is 5. The van der Waals surface area contributed by atoms with Crippen molar-refractivity contribution < 1.29 is 17.0 Å². The Bertz CT molecular complexity index is 1290. The van der Waals surface area contributed by atoms with Gasteiger partial charge in [-0.2, -0.15) is 17.9 Å². The van der Waals surface area contributed by atoms with Gasteiger partial charge in [-0.3, -0.25) is 13.5 Å². The van der Waals surface area contributed by atoms with E-state index in [-0.39, 0.29) is 24.0 Å². The molecule has 2 N–H and O–H groups in total. The maximum Gasteiger partial charge on any atom is 0.309 e. The van der Waals surface area contributed by atoms with Gasteiger partial charge >= 0.3 is 4.87 Å². The summed E-state index contributed by atoms with van der Waals surface area (Å²) in [4.78, 5) is 20.8. The second kappa shape index (κ2) is 6.44. The quantitative estimate of drug-likeness (QED) is 0.358. The van der Waals surface area contributed by atoms with Gasteiger partial charge in [-0.15, -0.1) is 5.10 Å². The van der Waals surface area contributed by atoms with Crippen molar-refractivity contribution in [3.05, 3.63) is 28.1 Å². The molecule has 13 heteroatoms. The lowest BCUT2D eigenvalue weighted by molar-refractivity contribution is 0.307. The van der Waals surface area contributed by atoms with Crippen LogP contribution >= 0.6 is 11.3 Å². The number of hydrogen-bond acceptors (Lipinski definition) is 10. The van der Waals surface area contributed by atoms with Crippen molar-refractivity contribution in [1.29, 1.82) is 0 Å². The van der Waals surface area contributed by atoms with E-state index in [0.29, 0.717) is 34.0 Å². The van der Waals surface area contributed by atoms with Crippen LogP contribution in [0.2, 0.25) is 0 Å². The molecule has 11 nitrogen and oxygen atoms in total. The van der Waals surface area contributed by atoms with Gasteiger partial charge in [-0.1, -0.05) is 11.3 Å². The van der Waals surface area contributed by atoms with Crippen LogP contribution in [0.15, 0.2) is 27.6 Å². The Labute approximate surface area is 156 Å². The number of thiazole rings is 1. The Morgan fingerprint density at radius 2 is 2.15 bits per heavy atom. The SMILES string of the molecule is CS(=O)(=O)OCCCn1c(=O)sc2c1nc(N)n1nc(-c3ccco3)nc21. The van der Waals surface area contributed by atoms with E-state index in [9.17, 15) is 13.2 Å². The Balaban J connectivity index is 1.74. The van der Waals surface area contributed by atoms with Gasteiger partial charge in [0.15, 0.2) is 17.1 Å². The van der Waals surface area contributed by atoms with Gasteiger partial charge in [0.2, 0.25) is 11.8 Å². The van der Waals surface area contributed by atoms with Crippen molar-refractivity contribution >= 4 is 43.4 Å². The van der Waals surface area contributed by atoms with Crippen molar-refractivity contribution in [3.8, 4) is 11.6 Å². The molecule has 4 heterocycles. The fourth-order valence-corrected chi connectivity index (χ4v) is 3.92. The summed E-state index contributed by atoms with van der Waals surface area (Å²) < 4.78 is 35.3. The predicted molar refractivity (Wildman–Crippen MR) is 98.0 cm³/mol. The number of nitrogen functional groups attached to an aromatic ring is 1. The van der Waals surface area contributed by atoms with Gasteiger partial charge in [-0.05, 0) is 18.6 Å². The fraction of sp³-hybridized carbons (Fsp3) is 0.286. The molecule has 0 spiro atoms. The molecule has 4 rings (SSSR count). The summed E-state index contributed by atoms with van der Waals surface area (Å²) in [6.07, 6.45) is 2.79. The van der Waals surface area contributed by atoms with Crippen LogP contribution in [0.5, 0.6) is 0 Å². The van der Waals surface area contributed by atoms with E-state index in [2.05, 4.69) is 15.1 Å². The molecule has 0 saturated carbocycles. The Kier molecular flexibility index (Phi) is 4.20. The van der Waals surface area contributed by atoms with E-state index in [1.54, 1.807) is 12.1 Å². The molecule has 0 bridgehead atoms. The van der Waals surface area contributed by atoms with Crippen LogP contribution in [-0.4, -0.2) is 45.4 Å². The van der Waals surface area contributed by atoms with Crippen molar-refractivity contribution in [3.63, 3.8) is 0 Å². The molecule has 0 aromatic carbocycles. The van der Waals surface area contributed by atoms with Crippen molar-refractivity contribution in [2.24, 2.45) is 0 Å². The average molecular weight is 410 g/mol. The predicted octanol–water partition coefficient (Wildman–Crippen LogP) is 0.709. The van der Waals surface area contributed by atoms with Gasteiger partial charge < -0.3 is 10.2 Å². The zero-order valence-corrected chi connectivity index (χ0v) is 15.7. The van der Waals surface area contributed by atoms with Crippen molar-refractivity contribution in [2.45, 2.75) is 13.0 Å². The normalized spacial score (nSPS) is 12.3. The van der Waals surface area contributed by atoms with E-state index in [0.717, 1.165) is 17.6 Å². The Morgan fingerprint density at radius 3 is 2.85 bits per heavy atom. The van der Waals surface area contributed by atoms with Crippen molar-refractivity contribution in [1.82, 2.24) is 24.1 Å². The number of rotatable bonds is 6. The summed E-state index contributed by atoms with van der Waals surface area (Å²) in [6.45, 7) is 0.198. The average Bonchev–Trinajstić information content (AvgIpc) is 3.29. The molecule has 0 fully saturated rings. The van der Waals surface area contributed by atoms with Crippen LogP contribution < -0.4 is 10.6 Å². The van der Waals surface area contributed by atoms with Crippen LogP contribution in [-0.2, 0) is 20.8 Å². The lowest BCUT2D eigenvalue weighted by Gasteiger charge is -2.04. The van der Waals surface area contributed by atoms with E-state index in [1.165, 1.54) is 15.3 Å². The molecule has 142 valence electrons. The van der Waals surface area contributed by atoms with Gasteiger partial charge in [0.05, 0.1) is 19.1 Å². The first-order valence-corrected chi connectivity index (χ1v) is 10.4. The highest BCUT2D eigenvalue weighted by atomic mass is 32.2. The molecule has 0 saturated heterocycles. The number of nitrogens with two attached hydrogens (primary N) is 1. The number of furan rings is 1. The van der Waals surface area contributed by atoms with Crippen LogP contribution in [0.4, 0.5) is 5.95 Å². The molecule has 4 aromatic heterocycles. The third-order valence-electron chi connectivity index (χ3n) is 3.68. The number of hydrogen-bond donors (Lipinski definition) is 1. The highest BCUT2D eigenvalue weighted by molar-refractivity contribution is 7.85. The zero-order valence-electron chi connectivity index (χ0n) is 14.0. The minimum absolute atomic E-state index is 0.0338. The summed E-state index contributed by atoms with van der Waals surface area (Å²) in [5.41, 5.74) is 6.75. The van der Waals surface area contributed by atoms with Gasteiger partial charge in [0.1, 0.15) is 4.70 Å². The molecule has 0 aliphatic heterocycles. The standard InChI is InChI=1S/C14H14N6O5S2/c1-27(22,23)25-7-3-5-19-11-9(26-14(19)21)12-16-10(8-4-2-6-24-8)18-20(12)13(15)17-11/h2,4,6H,3,5,7H2,1H3,(H2,15,17). The summed E-state index contributed by atoms with van der Waals surface area (Å²) in [6, 6.07) is 3.43. The van der Waals surface area contributed by atoms with E-state index < -0.39 is 10.1 Å². The van der Waals surface area contributed by atoms with Crippen LogP contribution in [0.25, 0.3) is 27.6 Å². The highest BCUT2D eigenvalue weighted by Crippen LogP contribution is 2.25. The van der Waals surface area contributed by atoms with Gasteiger partial charge in [0.25, 0.3) is 10.1 Å². The monoisotopic (exact) mass is 410 g/mol. The molecule has 0 aliphatic rings. The largest absolute Gasteiger partial charge is 0.461 e. The Hall–Kier alpha value is -2.77. The first-order valence-electron chi connectivity index (χ1n) is 7.77. The Morgan fingerprint density at radius 1 is 1.33 bits per heavy atom. The molecule has 0 atom stereocenters. The van der Waals surface area contributed by atoms with Crippen LogP contribution in [0.3, 0.4) is 0 Å².